The molecule has 1 aliphatic rings. The van der Waals surface area contributed by atoms with Gasteiger partial charge in [-0.1, -0.05) is 35.9 Å². The third-order valence-corrected chi connectivity index (χ3v) is 3.32. The predicted molar refractivity (Wildman–Crippen MR) is 108 cm³/mol. The van der Waals surface area contributed by atoms with E-state index in [1.807, 2.05) is 37.0 Å². The van der Waals surface area contributed by atoms with Crippen molar-refractivity contribution in [1.82, 2.24) is 10.2 Å². The summed E-state index contributed by atoms with van der Waals surface area (Å²) in [6.45, 7) is 8.71. The second-order valence-electron chi connectivity index (χ2n) is 4.37. The molecular weight excluding hydrogens is 387 g/mol. The van der Waals surface area contributed by atoms with Gasteiger partial charge < -0.3 is 15.0 Å². The molecule has 0 spiro atoms. The van der Waals surface area contributed by atoms with Gasteiger partial charge in [0.2, 0.25) is 0 Å². The maximum Gasteiger partial charge on any atom is 0.119 e. The van der Waals surface area contributed by atoms with Crippen LogP contribution in [0.15, 0.2) is 69.1 Å². The normalized spacial score (nSPS) is 15.1. The molecule has 0 saturated carbocycles. The Bertz CT molecular complexity index is 565. The van der Waals surface area contributed by atoms with Gasteiger partial charge in [-0.2, -0.15) is 5.10 Å². The number of hydrogen-bond donors (Lipinski definition) is 1. The predicted octanol–water partition coefficient (Wildman–Crippen LogP) is 4.64. The minimum Gasteiger partial charge on any atom is -0.497 e. The number of allylic oxidation sites excluding steroid dienone is 5. The van der Waals surface area contributed by atoms with Crippen molar-refractivity contribution in [3.63, 3.8) is 0 Å². The van der Waals surface area contributed by atoms with Crippen LogP contribution in [0.2, 0.25) is 0 Å². The number of ether oxygens (including phenoxy) is 1. The molecule has 0 atom stereocenters. The SMILES string of the molecule is C=N/N=C\N1CC(Br)=CC=C1NCC/C=C(/C=C\C=C\F)OC.CC. The number of methoxy groups -OCH3 is 1. The van der Waals surface area contributed by atoms with E-state index >= 15 is 0 Å². The lowest BCUT2D eigenvalue weighted by Crippen LogP contribution is -2.33. The lowest BCUT2D eigenvalue weighted by Gasteiger charge is -2.25. The molecule has 1 N–H and O–H groups in total. The van der Waals surface area contributed by atoms with E-state index in [-0.39, 0.29) is 0 Å². The smallest absolute Gasteiger partial charge is 0.119 e. The Balaban J connectivity index is 0.00000277. The molecule has 0 unspecified atom stereocenters. The zero-order chi connectivity index (χ0) is 18.9. The fraction of sp³-hybridized carbons (Fsp3) is 0.333. The first-order valence-electron chi connectivity index (χ1n) is 7.95. The summed E-state index contributed by atoms with van der Waals surface area (Å²) >= 11 is 3.46. The first-order valence-corrected chi connectivity index (χ1v) is 8.74. The van der Waals surface area contributed by atoms with Crippen molar-refractivity contribution >= 4 is 29.0 Å². The molecule has 1 heterocycles. The second-order valence-corrected chi connectivity index (χ2v) is 5.39. The van der Waals surface area contributed by atoms with Crippen LogP contribution in [0.25, 0.3) is 0 Å². The van der Waals surface area contributed by atoms with E-state index in [0.29, 0.717) is 25.2 Å². The highest BCUT2D eigenvalue weighted by atomic mass is 79.9. The molecule has 25 heavy (non-hydrogen) atoms. The summed E-state index contributed by atoms with van der Waals surface area (Å²) in [7, 11) is 1.58. The molecule has 1 aliphatic heterocycles. The Morgan fingerprint density at radius 1 is 1.44 bits per heavy atom. The molecule has 0 radical (unpaired) electrons. The van der Waals surface area contributed by atoms with Gasteiger partial charge in [-0.25, -0.2) is 4.39 Å². The summed E-state index contributed by atoms with van der Waals surface area (Å²) in [6.07, 6.45) is 13.3. The van der Waals surface area contributed by atoms with Gasteiger partial charge in [0.15, 0.2) is 0 Å². The summed E-state index contributed by atoms with van der Waals surface area (Å²) in [4.78, 5) is 1.92. The van der Waals surface area contributed by atoms with Gasteiger partial charge >= 0.3 is 0 Å². The van der Waals surface area contributed by atoms with Crippen molar-refractivity contribution in [3.05, 3.63) is 58.8 Å². The number of nitrogens with zero attached hydrogens (tertiary/aromatic N) is 3. The molecule has 0 aromatic carbocycles. The van der Waals surface area contributed by atoms with E-state index in [9.17, 15) is 4.39 Å². The fourth-order valence-corrected chi connectivity index (χ4v) is 2.16. The number of halogens is 2. The van der Waals surface area contributed by atoms with E-state index in [1.165, 1.54) is 6.08 Å². The highest BCUT2D eigenvalue weighted by Crippen LogP contribution is 2.16. The monoisotopic (exact) mass is 412 g/mol. The van der Waals surface area contributed by atoms with Crippen LogP contribution in [-0.4, -0.2) is 38.2 Å². The lowest BCUT2D eigenvalue weighted by molar-refractivity contribution is 0.305. The molecule has 7 heteroatoms. The molecule has 0 bridgehead atoms. The van der Waals surface area contributed by atoms with Gasteiger partial charge in [0.25, 0.3) is 0 Å². The van der Waals surface area contributed by atoms with Gasteiger partial charge in [0, 0.05) is 17.7 Å². The molecule has 5 nitrogen and oxygen atoms in total. The van der Waals surface area contributed by atoms with Gasteiger partial charge in [0.1, 0.15) is 17.9 Å². The maximum absolute atomic E-state index is 11.9. The van der Waals surface area contributed by atoms with E-state index in [0.717, 1.165) is 16.7 Å². The van der Waals surface area contributed by atoms with Crippen molar-refractivity contribution in [2.24, 2.45) is 10.2 Å². The van der Waals surface area contributed by atoms with Gasteiger partial charge in [-0.15, -0.1) is 5.10 Å². The van der Waals surface area contributed by atoms with Crippen LogP contribution >= 0.6 is 15.9 Å². The topological polar surface area (TPSA) is 49.2 Å². The minimum atomic E-state index is 0.473. The molecule has 0 fully saturated rings. The minimum absolute atomic E-state index is 0.473. The van der Waals surface area contributed by atoms with E-state index in [4.69, 9.17) is 4.74 Å². The van der Waals surface area contributed by atoms with E-state index in [2.05, 4.69) is 38.2 Å². The Hall–Kier alpha value is -2.15. The Kier molecular flexibility index (Phi) is 14.1. The second kappa shape index (κ2) is 15.4. The average molecular weight is 413 g/mol. The Morgan fingerprint density at radius 3 is 2.84 bits per heavy atom. The zero-order valence-electron chi connectivity index (χ0n) is 15.0. The molecule has 0 amide bonds. The van der Waals surface area contributed by atoms with E-state index < -0.39 is 0 Å². The third-order valence-electron chi connectivity index (χ3n) is 2.80. The van der Waals surface area contributed by atoms with Gasteiger partial charge in [-0.3, -0.25) is 0 Å². The first kappa shape index (κ1) is 22.9. The standard InChI is InChI=1S/C16H20BrFN4O.C2H6/c1-19-21-13-22-12-14(17)8-9-16(22)20-11-5-7-15(23-2)6-3-4-10-18;1-2/h3-4,6-10,13,20H,1,5,11-12H2,2H3;1-2H3/b6-3-,10-4+,15-7-,21-13-;. The van der Waals surface area contributed by atoms with Gasteiger partial charge in [-0.05, 0) is 36.8 Å². The summed E-state index contributed by atoms with van der Waals surface area (Å²) in [5.41, 5.74) is 0. The number of nitrogens with one attached hydrogen (secondary N) is 1. The van der Waals surface area contributed by atoms with Crippen LogP contribution in [0.4, 0.5) is 4.39 Å². The first-order chi connectivity index (χ1) is 12.2. The summed E-state index contributed by atoms with van der Waals surface area (Å²) < 4.78 is 18.1. The molecule has 0 aromatic heterocycles. The van der Waals surface area contributed by atoms with Crippen molar-refractivity contribution in [2.75, 3.05) is 20.2 Å². The lowest BCUT2D eigenvalue weighted by atomic mass is 10.3. The molecule has 1 rings (SSSR count). The summed E-state index contributed by atoms with van der Waals surface area (Å²) in [5, 5.41) is 10.6. The number of hydrogen-bond acceptors (Lipinski definition) is 4. The highest BCUT2D eigenvalue weighted by Gasteiger charge is 2.11. The summed E-state index contributed by atoms with van der Waals surface area (Å²) in [6, 6.07) is 0. The molecule has 138 valence electrons. The largest absolute Gasteiger partial charge is 0.497 e. The highest BCUT2D eigenvalue weighted by molar-refractivity contribution is 9.11. The van der Waals surface area contributed by atoms with E-state index in [1.54, 1.807) is 25.6 Å². The van der Waals surface area contributed by atoms with Crippen molar-refractivity contribution in [2.45, 2.75) is 20.3 Å². The van der Waals surface area contributed by atoms with Crippen molar-refractivity contribution in [3.8, 4) is 0 Å². The molecule has 0 aromatic rings. The van der Waals surface area contributed by atoms with Crippen LogP contribution in [0, 0.1) is 0 Å². The van der Waals surface area contributed by atoms with Crippen molar-refractivity contribution in [1.29, 1.82) is 0 Å². The van der Waals surface area contributed by atoms with Crippen LogP contribution in [0.1, 0.15) is 20.3 Å². The zero-order valence-corrected chi connectivity index (χ0v) is 16.5. The average Bonchev–Trinajstić information content (AvgIpc) is 2.64. The summed E-state index contributed by atoms with van der Waals surface area (Å²) in [5.74, 6) is 1.60. The van der Waals surface area contributed by atoms with Crippen molar-refractivity contribution < 1.29 is 9.13 Å². The van der Waals surface area contributed by atoms with Gasteiger partial charge in [0.05, 0.1) is 20.0 Å². The fourth-order valence-electron chi connectivity index (χ4n) is 1.75. The Labute approximate surface area is 158 Å². The number of rotatable bonds is 9. The van der Waals surface area contributed by atoms with Crippen LogP contribution < -0.4 is 5.32 Å². The van der Waals surface area contributed by atoms with Crippen LogP contribution in [0.5, 0.6) is 0 Å². The molecular formula is C18H26BrFN4O. The molecule has 0 saturated heterocycles. The van der Waals surface area contributed by atoms with Crippen LogP contribution in [-0.2, 0) is 4.74 Å². The van der Waals surface area contributed by atoms with Crippen LogP contribution in [0.3, 0.4) is 0 Å². The maximum atomic E-state index is 11.9. The third kappa shape index (κ3) is 10.3. The molecule has 0 aliphatic carbocycles. The quantitative estimate of drug-likeness (QED) is 0.150. The Morgan fingerprint density at radius 2 is 2.20 bits per heavy atom.